The quantitative estimate of drug-likeness (QED) is 0.510. The number of nitrogens with zero attached hydrogens (tertiary/aromatic N) is 3. The van der Waals surface area contributed by atoms with Crippen LogP contribution in [0.2, 0.25) is 0 Å². The van der Waals surface area contributed by atoms with Gasteiger partial charge in [0.25, 0.3) is 5.91 Å². The van der Waals surface area contributed by atoms with E-state index in [1.54, 1.807) is 0 Å². The average Bonchev–Trinajstić information content (AvgIpc) is 3.20. The number of carbonyl (C=O) groups excluding carboxylic acids is 1. The van der Waals surface area contributed by atoms with Crippen molar-refractivity contribution in [1.29, 1.82) is 0 Å². The monoisotopic (exact) mass is 403 g/mol. The van der Waals surface area contributed by atoms with Crippen LogP contribution in [0.5, 0.6) is 0 Å². The van der Waals surface area contributed by atoms with Gasteiger partial charge < -0.3 is 4.57 Å². The highest BCUT2D eigenvalue weighted by atomic mass is 32.2. The Bertz CT molecular complexity index is 1120. The summed E-state index contributed by atoms with van der Waals surface area (Å²) in [6.45, 7) is 6.23. The molecule has 0 aliphatic carbocycles. The van der Waals surface area contributed by atoms with Gasteiger partial charge in [0.05, 0.1) is 10.6 Å². The van der Waals surface area contributed by atoms with Crippen molar-refractivity contribution >= 4 is 45.5 Å². The van der Waals surface area contributed by atoms with E-state index in [-0.39, 0.29) is 11.9 Å². The lowest BCUT2D eigenvalue weighted by atomic mass is 10.1. The van der Waals surface area contributed by atoms with Crippen LogP contribution in [0.1, 0.15) is 31.4 Å². The van der Waals surface area contributed by atoms with Gasteiger partial charge in [0.15, 0.2) is 5.17 Å². The molecule has 3 aromatic rings. The summed E-state index contributed by atoms with van der Waals surface area (Å²) in [4.78, 5) is 20.6. The minimum absolute atomic E-state index is 0.0307. The van der Waals surface area contributed by atoms with Crippen LogP contribution in [0.25, 0.3) is 17.0 Å². The molecular formula is C24H25N3OS. The average molecular weight is 404 g/mol. The van der Waals surface area contributed by atoms with Gasteiger partial charge in [-0.1, -0.05) is 42.8 Å². The molecule has 4 rings (SSSR count). The molecule has 1 aromatic heterocycles. The minimum atomic E-state index is 0.0307. The summed E-state index contributed by atoms with van der Waals surface area (Å²) in [5, 5.41) is 1.90. The first-order valence-corrected chi connectivity index (χ1v) is 10.7. The maximum atomic E-state index is 13.3. The van der Waals surface area contributed by atoms with Crippen LogP contribution >= 0.6 is 11.8 Å². The number of rotatable bonds is 4. The molecule has 2 heterocycles. The fraction of sp³-hybridized carbons (Fsp3) is 0.250. The summed E-state index contributed by atoms with van der Waals surface area (Å²) >= 11 is 1.46. The van der Waals surface area contributed by atoms with Crippen molar-refractivity contribution in [2.45, 2.75) is 33.2 Å². The summed E-state index contributed by atoms with van der Waals surface area (Å²) in [6.07, 6.45) is 4.96. The Balaban J connectivity index is 1.76. The van der Waals surface area contributed by atoms with Crippen molar-refractivity contribution in [2.75, 3.05) is 0 Å². The first-order chi connectivity index (χ1) is 14.0. The molecule has 0 spiro atoms. The molecule has 0 bridgehead atoms. The zero-order chi connectivity index (χ0) is 20.5. The Morgan fingerprint density at radius 3 is 2.59 bits per heavy atom. The summed E-state index contributed by atoms with van der Waals surface area (Å²) in [6, 6.07) is 16.4. The number of hydrogen-bond donors (Lipinski definition) is 0. The molecule has 2 aromatic carbocycles. The zero-order valence-corrected chi connectivity index (χ0v) is 18.0. The standard InChI is InChI=1S/C24H25N3OS/c1-5-17(3)27-23(28)22(29-24(27)25-19-12-10-16(2)11-13-19)14-18-15-26(4)21-9-7-6-8-20(18)21/h6-15,17H,5H2,1-4H3/b22-14+,25-24?/t17-/m0/s1. The number of fused-ring (bicyclic) bond motifs is 1. The fourth-order valence-electron chi connectivity index (χ4n) is 3.49. The third kappa shape index (κ3) is 3.75. The molecule has 1 atom stereocenters. The first-order valence-electron chi connectivity index (χ1n) is 9.90. The van der Waals surface area contributed by atoms with Crippen molar-refractivity contribution in [3.63, 3.8) is 0 Å². The number of benzene rings is 2. The topological polar surface area (TPSA) is 37.6 Å². The number of hydrogen-bond acceptors (Lipinski definition) is 3. The summed E-state index contributed by atoms with van der Waals surface area (Å²) in [5.74, 6) is 0.0307. The van der Waals surface area contributed by atoms with E-state index in [9.17, 15) is 4.79 Å². The van der Waals surface area contributed by atoms with E-state index < -0.39 is 0 Å². The van der Waals surface area contributed by atoms with Crippen molar-refractivity contribution in [3.05, 3.63) is 70.8 Å². The summed E-state index contributed by atoms with van der Waals surface area (Å²) in [7, 11) is 2.03. The highest BCUT2D eigenvalue weighted by Gasteiger charge is 2.36. The minimum Gasteiger partial charge on any atom is -0.350 e. The lowest BCUT2D eigenvalue weighted by molar-refractivity contribution is -0.123. The maximum absolute atomic E-state index is 13.3. The Labute approximate surface area is 175 Å². The number of aryl methyl sites for hydroxylation is 2. The van der Waals surface area contributed by atoms with Crippen LogP contribution in [0.15, 0.2) is 64.6 Å². The largest absolute Gasteiger partial charge is 0.350 e. The van der Waals surface area contributed by atoms with Crippen LogP contribution in [-0.4, -0.2) is 26.6 Å². The van der Waals surface area contributed by atoms with Crippen molar-refractivity contribution in [2.24, 2.45) is 12.0 Å². The van der Waals surface area contributed by atoms with E-state index in [0.717, 1.165) is 33.7 Å². The van der Waals surface area contributed by atoms with E-state index in [1.165, 1.54) is 17.3 Å². The number of aromatic nitrogens is 1. The highest BCUT2D eigenvalue weighted by molar-refractivity contribution is 8.18. The van der Waals surface area contributed by atoms with Crippen molar-refractivity contribution in [1.82, 2.24) is 9.47 Å². The Kier molecular flexibility index (Phi) is 5.33. The maximum Gasteiger partial charge on any atom is 0.267 e. The molecule has 0 radical (unpaired) electrons. The van der Waals surface area contributed by atoms with Gasteiger partial charge in [-0.05, 0) is 56.3 Å². The fourth-order valence-corrected chi connectivity index (χ4v) is 4.58. The van der Waals surface area contributed by atoms with Gasteiger partial charge in [0.2, 0.25) is 0 Å². The second-order valence-electron chi connectivity index (χ2n) is 7.49. The van der Waals surface area contributed by atoms with Gasteiger partial charge in [-0.2, -0.15) is 0 Å². The lowest BCUT2D eigenvalue weighted by Gasteiger charge is -2.22. The molecule has 1 fully saturated rings. The van der Waals surface area contributed by atoms with Crippen molar-refractivity contribution < 1.29 is 4.79 Å². The molecule has 0 N–H and O–H groups in total. The van der Waals surface area contributed by atoms with Crippen LogP contribution in [0.3, 0.4) is 0 Å². The van der Waals surface area contributed by atoms with Gasteiger partial charge in [-0.15, -0.1) is 0 Å². The van der Waals surface area contributed by atoms with Gasteiger partial charge in [0.1, 0.15) is 0 Å². The number of amidine groups is 1. The number of aliphatic imine (C=N–C) groups is 1. The summed E-state index contributed by atoms with van der Waals surface area (Å²) in [5.41, 5.74) is 4.27. The second kappa shape index (κ2) is 7.91. The molecule has 1 aliphatic rings. The molecule has 4 nitrogen and oxygen atoms in total. The molecule has 29 heavy (non-hydrogen) atoms. The van der Waals surface area contributed by atoms with E-state index >= 15 is 0 Å². The van der Waals surface area contributed by atoms with Crippen LogP contribution < -0.4 is 0 Å². The smallest absolute Gasteiger partial charge is 0.267 e. The summed E-state index contributed by atoms with van der Waals surface area (Å²) < 4.78 is 2.10. The lowest BCUT2D eigenvalue weighted by Crippen LogP contribution is -2.36. The van der Waals surface area contributed by atoms with Crippen LogP contribution in [0.4, 0.5) is 5.69 Å². The van der Waals surface area contributed by atoms with E-state index in [2.05, 4.69) is 43.7 Å². The number of thioether (sulfide) groups is 1. The molecular weight excluding hydrogens is 378 g/mol. The highest BCUT2D eigenvalue weighted by Crippen LogP contribution is 2.37. The molecule has 0 saturated carbocycles. The van der Waals surface area contributed by atoms with Gasteiger partial charge >= 0.3 is 0 Å². The number of para-hydroxylation sites is 1. The number of carbonyl (C=O) groups is 1. The Morgan fingerprint density at radius 1 is 1.14 bits per heavy atom. The third-order valence-corrected chi connectivity index (χ3v) is 6.32. The van der Waals surface area contributed by atoms with Crippen molar-refractivity contribution in [3.8, 4) is 0 Å². The third-order valence-electron chi connectivity index (χ3n) is 5.34. The predicted octanol–water partition coefficient (Wildman–Crippen LogP) is 5.89. The SMILES string of the molecule is CC[C@H](C)N1C(=O)/C(=C\c2cn(C)c3ccccc23)SC1=Nc1ccc(C)cc1. The van der Waals surface area contributed by atoms with Gasteiger partial charge in [0, 0.05) is 35.8 Å². The van der Waals surface area contributed by atoms with E-state index in [4.69, 9.17) is 4.99 Å². The normalized spacial score (nSPS) is 18.3. The molecule has 0 unspecified atom stereocenters. The number of amides is 1. The Hall–Kier alpha value is -2.79. The second-order valence-corrected chi connectivity index (χ2v) is 8.49. The Morgan fingerprint density at radius 2 is 1.86 bits per heavy atom. The molecule has 1 aliphatic heterocycles. The van der Waals surface area contributed by atoms with E-state index in [1.807, 2.05) is 54.4 Å². The molecule has 1 amide bonds. The van der Waals surface area contributed by atoms with Crippen LogP contribution in [-0.2, 0) is 11.8 Å². The predicted molar refractivity (Wildman–Crippen MR) is 123 cm³/mol. The molecule has 148 valence electrons. The zero-order valence-electron chi connectivity index (χ0n) is 17.2. The molecule has 1 saturated heterocycles. The van der Waals surface area contributed by atoms with Gasteiger partial charge in [-0.25, -0.2) is 4.99 Å². The van der Waals surface area contributed by atoms with E-state index in [0.29, 0.717) is 4.91 Å². The van der Waals surface area contributed by atoms with Crippen LogP contribution in [0, 0.1) is 6.92 Å². The van der Waals surface area contributed by atoms with Gasteiger partial charge in [-0.3, -0.25) is 9.69 Å². The molecule has 5 heteroatoms. The first kappa shape index (κ1) is 19.5.